The molecule has 2 aliphatic heterocycles. The topological polar surface area (TPSA) is 134 Å². The highest BCUT2D eigenvalue weighted by Crippen LogP contribution is 3.02. The third-order valence-corrected chi connectivity index (χ3v) is 10.5. The molecule has 1 N–H and O–H groups in total. The number of amides is 4. The van der Waals surface area contributed by atoms with Gasteiger partial charge in [-0.3, -0.25) is 29.3 Å². The first-order chi connectivity index (χ1) is 26.6. The molecule has 5 rings (SSSR count). The highest BCUT2D eigenvalue weighted by Gasteiger charge is 2.65. The molecule has 2 fully saturated rings. The zero-order valence-electron chi connectivity index (χ0n) is 32.0. The molecule has 0 saturated carbocycles. The summed E-state index contributed by atoms with van der Waals surface area (Å²) in [4.78, 5) is 62.6. The molecule has 312 valence electrons. The zero-order chi connectivity index (χ0) is 41.7. The Kier molecular flexibility index (Phi) is 12.5. The number of likely N-dealkylation sites (tertiary alicyclic amines) is 1. The first-order valence-corrected chi connectivity index (χ1v) is 20.1. The van der Waals surface area contributed by atoms with Gasteiger partial charge in [0.25, 0.3) is 5.91 Å². The second kappa shape index (κ2) is 16.5. The maximum absolute atomic E-state index is 14.8. The molecule has 3 heterocycles. The van der Waals surface area contributed by atoms with Crippen molar-refractivity contribution in [2.45, 2.75) is 62.5 Å². The standard InChI is InChI=1S/C38H47F5N6O7S/c1-38(2,3)56-36(52)47-21-19-46(20-22-47)18-17-45-34(50)33(28-11-8-16-44-24-28)49(29-12-14-31(15-13-29)57(39,40,41,42)43)35(51)32-23-30(54-4)25-48(32)37(53)55-26-27-9-6-5-7-10-27/h5-16,24,30,32-33H,17-23,25-26H2,1-4H3,(H,45,50)/t30-,32-,33?/m1/s1. The molecule has 3 aromatic rings. The molecule has 2 aliphatic rings. The third kappa shape index (κ3) is 11.5. The van der Waals surface area contributed by atoms with Crippen LogP contribution in [0.4, 0.5) is 34.7 Å². The van der Waals surface area contributed by atoms with Crippen molar-refractivity contribution in [3.8, 4) is 0 Å². The molecule has 1 unspecified atom stereocenters. The molecule has 0 spiro atoms. The molecular weight excluding hydrogens is 780 g/mol. The Morgan fingerprint density at radius 2 is 1.58 bits per heavy atom. The van der Waals surface area contributed by atoms with Gasteiger partial charge in [-0.05, 0) is 56.7 Å². The number of halogens is 5. The molecule has 4 amide bonds. The number of rotatable bonds is 12. The van der Waals surface area contributed by atoms with Gasteiger partial charge in [0.05, 0.1) is 12.6 Å². The van der Waals surface area contributed by atoms with Gasteiger partial charge in [0.1, 0.15) is 29.2 Å². The molecule has 0 radical (unpaired) electrons. The van der Waals surface area contributed by atoms with Crippen LogP contribution in [0, 0.1) is 0 Å². The van der Waals surface area contributed by atoms with Gasteiger partial charge >= 0.3 is 22.4 Å². The molecule has 57 heavy (non-hydrogen) atoms. The number of pyridine rings is 1. The van der Waals surface area contributed by atoms with Crippen LogP contribution in [0.3, 0.4) is 0 Å². The Morgan fingerprint density at radius 3 is 2.16 bits per heavy atom. The summed E-state index contributed by atoms with van der Waals surface area (Å²) in [5, 5.41) is 2.80. The number of carbonyl (C=O) groups is 4. The number of anilines is 1. The second-order valence-corrected chi connectivity index (χ2v) is 17.2. The molecule has 19 heteroatoms. The monoisotopic (exact) mass is 826 g/mol. The van der Waals surface area contributed by atoms with E-state index in [-0.39, 0.29) is 49.5 Å². The van der Waals surface area contributed by atoms with Crippen LogP contribution in [0.15, 0.2) is 84.0 Å². The van der Waals surface area contributed by atoms with Crippen molar-refractivity contribution >= 4 is 39.9 Å². The van der Waals surface area contributed by atoms with Gasteiger partial charge in [-0.2, -0.15) is 0 Å². The second-order valence-electron chi connectivity index (χ2n) is 14.8. The fraction of sp³-hybridized carbons (Fsp3) is 0.447. The van der Waals surface area contributed by atoms with E-state index in [2.05, 4.69) is 10.3 Å². The molecule has 13 nitrogen and oxygen atoms in total. The van der Waals surface area contributed by atoms with Crippen LogP contribution in [0.2, 0.25) is 0 Å². The number of hydrogen-bond acceptors (Lipinski definition) is 9. The lowest BCUT2D eigenvalue weighted by molar-refractivity contribution is -0.128. The van der Waals surface area contributed by atoms with Crippen molar-refractivity contribution in [1.82, 2.24) is 25.0 Å². The van der Waals surface area contributed by atoms with E-state index in [9.17, 15) is 38.6 Å². The fourth-order valence-corrected chi connectivity index (χ4v) is 7.15. The number of hydrogen-bond donors (Lipinski definition) is 1. The van der Waals surface area contributed by atoms with Gasteiger partial charge in [0.2, 0.25) is 5.91 Å². The van der Waals surface area contributed by atoms with E-state index < -0.39 is 62.9 Å². The Labute approximate surface area is 327 Å². The summed E-state index contributed by atoms with van der Waals surface area (Å²) in [6.07, 6.45) is 0.642. The Balaban J connectivity index is 1.43. The van der Waals surface area contributed by atoms with Gasteiger partial charge in [-0.25, -0.2) is 9.59 Å². The van der Waals surface area contributed by atoms with Crippen LogP contribution in [0.5, 0.6) is 0 Å². The summed E-state index contributed by atoms with van der Waals surface area (Å²) >= 11 is 0. The molecule has 0 aliphatic carbocycles. The minimum Gasteiger partial charge on any atom is -0.445 e. The van der Waals surface area contributed by atoms with Crippen LogP contribution in [0.1, 0.15) is 44.4 Å². The van der Waals surface area contributed by atoms with E-state index in [0.717, 1.165) is 9.80 Å². The lowest BCUT2D eigenvalue weighted by atomic mass is 10.0. The van der Waals surface area contributed by atoms with Crippen LogP contribution >= 0.6 is 10.2 Å². The predicted octanol–water partition coefficient (Wildman–Crippen LogP) is 6.91. The summed E-state index contributed by atoms with van der Waals surface area (Å²) in [5.74, 6) is -1.67. The Morgan fingerprint density at radius 1 is 0.912 bits per heavy atom. The number of piperazine rings is 1. The molecular formula is C38H47F5N6O7S. The minimum atomic E-state index is -10.1. The summed E-state index contributed by atoms with van der Waals surface area (Å²) < 4.78 is 85.6. The van der Waals surface area contributed by atoms with Crippen LogP contribution in [-0.4, -0.2) is 114 Å². The number of methoxy groups -OCH3 is 1. The van der Waals surface area contributed by atoms with E-state index in [0.29, 0.717) is 50.4 Å². The highest BCUT2D eigenvalue weighted by molar-refractivity contribution is 8.45. The van der Waals surface area contributed by atoms with Crippen molar-refractivity contribution in [1.29, 1.82) is 0 Å². The number of nitrogens with zero attached hydrogens (tertiary/aromatic N) is 5. The molecule has 2 aromatic carbocycles. The molecule has 3 atom stereocenters. The quantitative estimate of drug-likeness (QED) is 0.194. The number of benzene rings is 2. The summed E-state index contributed by atoms with van der Waals surface area (Å²) in [5.41, 5.74) is -0.171. The van der Waals surface area contributed by atoms with Crippen molar-refractivity contribution < 1.29 is 52.8 Å². The number of nitrogens with one attached hydrogen (secondary N) is 1. The van der Waals surface area contributed by atoms with Crippen LogP contribution in [0.25, 0.3) is 0 Å². The number of carbonyl (C=O) groups excluding carboxylic acids is 4. The van der Waals surface area contributed by atoms with Crippen molar-refractivity contribution in [3.05, 3.63) is 90.3 Å². The summed E-state index contributed by atoms with van der Waals surface area (Å²) in [7, 11) is -8.75. The maximum atomic E-state index is 14.8. The van der Waals surface area contributed by atoms with Crippen LogP contribution in [-0.2, 0) is 30.4 Å². The van der Waals surface area contributed by atoms with E-state index in [1.165, 1.54) is 31.6 Å². The molecule has 0 bridgehead atoms. The van der Waals surface area contributed by atoms with Gasteiger partial charge in [0.15, 0.2) is 0 Å². The highest BCUT2D eigenvalue weighted by atomic mass is 32.5. The molecule has 1 aromatic heterocycles. The van der Waals surface area contributed by atoms with Gasteiger partial charge in [0, 0.05) is 76.4 Å². The summed E-state index contributed by atoms with van der Waals surface area (Å²) in [6.45, 7) is 7.19. The maximum Gasteiger partial charge on any atom is 0.410 e. The van der Waals surface area contributed by atoms with E-state index >= 15 is 0 Å². The summed E-state index contributed by atoms with van der Waals surface area (Å²) in [6, 6.07) is 10.5. The van der Waals surface area contributed by atoms with Crippen molar-refractivity contribution in [2.24, 2.45) is 0 Å². The van der Waals surface area contributed by atoms with E-state index in [4.69, 9.17) is 14.2 Å². The van der Waals surface area contributed by atoms with Crippen molar-refractivity contribution in [2.75, 3.05) is 57.8 Å². The smallest absolute Gasteiger partial charge is 0.410 e. The lowest BCUT2D eigenvalue weighted by Gasteiger charge is -2.41. The van der Waals surface area contributed by atoms with Crippen LogP contribution < -0.4 is 10.2 Å². The lowest BCUT2D eigenvalue weighted by Crippen LogP contribution is -2.53. The zero-order valence-corrected chi connectivity index (χ0v) is 32.8. The number of ether oxygens (including phenoxy) is 3. The minimum absolute atomic E-state index is 0.0559. The first kappa shape index (κ1) is 43.1. The van der Waals surface area contributed by atoms with E-state index in [1.54, 1.807) is 56.0 Å². The Hall–Kier alpha value is -5.01. The average Bonchev–Trinajstić information content (AvgIpc) is 3.60. The SMILES string of the molecule is CO[C@@H]1C[C@H](C(=O)N(c2ccc(S(F)(F)(F)(F)F)cc2)C(C(=O)NCCN2CCN(C(=O)OC(C)(C)C)CC2)c2cccnc2)N(C(=O)OCc2ccccc2)C1. The van der Waals surface area contributed by atoms with Crippen molar-refractivity contribution in [3.63, 3.8) is 0 Å². The largest absolute Gasteiger partial charge is 0.445 e. The molecule has 2 saturated heterocycles. The van der Waals surface area contributed by atoms with Gasteiger partial charge < -0.3 is 24.4 Å². The van der Waals surface area contributed by atoms with Gasteiger partial charge in [-0.15, -0.1) is 0 Å². The fourth-order valence-electron chi connectivity index (χ4n) is 6.50. The number of aromatic nitrogens is 1. The Bertz CT molecular complexity index is 1880. The predicted molar refractivity (Wildman–Crippen MR) is 202 cm³/mol. The third-order valence-electron chi connectivity index (χ3n) is 9.38. The van der Waals surface area contributed by atoms with Gasteiger partial charge in [-0.1, -0.05) is 55.8 Å². The van der Waals surface area contributed by atoms with E-state index in [1.807, 2.05) is 4.90 Å². The average molecular weight is 827 g/mol. The first-order valence-electron chi connectivity index (χ1n) is 18.2. The normalized spacial score (nSPS) is 19.5.